The normalized spacial score (nSPS) is 11.6. The molecular formula is C25H17BrClF3N6O2. The lowest BCUT2D eigenvalue weighted by Gasteiger charge is -2.11. The molecule has 2 aromatic carbocycles. The molecule has 8 nitrogen and oxygen atoms in total. The number of rotatable bonds is 6. The van der Waals surface area contributed by atoms with Gasteiger partial charge in [-0.2, -0.15) is 23.4 Å². The number of carbonyl (C=O) groups excluding carboxylic acids is 1. The maximum atomic E-state index is 13.9. The number of nitrogens with zero attached hydrogens (tertiary/aromatic N) is 5. The second kappa shape index (κ2) is 10.1. The van der Waals surface area contributed by atoms with Crippen molar-refractivity contribution in [3.63, 3.8) is 0 Å². The van der Waals surface area contributed by atoms with Crippen LogP contribution in [0.15, 0.2) is 71.3 Å². The lowest BCUT2D eigenvalue weighted by atomic mass is 10.1. The van der Waals surface area contributed by atoms with Crippen LogP contribution in [0.5, 0.6) is 5.75 Å². The van der Waals surface area contributed by atoms with Crippen molar-refractivity contribution < 1.29 is 22.7 Å². The number of amides is 1. The molecule has 5 aromatic rings. The molecule has 3 heterocycles. The molecule has 0 atom stereocenters. The summed E-state index contributed by atoms with van der Waals surface area (Å²) in [7, 11) is 1.49. The van der Waals surface area contributed by atoms with E-state index in [0.29, 0.717) is 31.9 Å². The molecule has 0 fully saturated rings. The van der Waals surface area contributed by atoms with Crippen molar-refractivity contribution in [3.8, 4) is 17.0 Å². The molecular weight excluding hydrogens is 589 g/mol. The minimum Gasteiger partial charge on any atom is -0.497 e. The smallest absolute Gasteiger partial charge is 0.433 e. The highest BCUT2D eigenvalue weighted by molar-refractivity contribution is 9.10. The summed E-state index contributed by atoms with van der Waals surface area (Å²) in [5.41, 5.74) is -0.0109. The first-order valence-corrected chi connectivity index (χ1v) is 12.2. The third-order valence-electron chi connectivity index (χ3n) is 5.54. The largest absolute Gasteiger partial charge is 0.497 e. The number of carbonyl (C=O) groups is 1. The molecule has 0 aliphatic heterocycles. The summed E-state index contributed by atoms with van der Waals surface area (Å²) in [5, 5.41) is 11.4. The molecule has 0 bridgehead atoms. The van der Waals surface area contributed by atoms with E-state index in [4.69, 9.17) is 16.3 Å². The molecule has 0 spiro atoms. The Bertz CT molecular complexity index is 1630. The summed E-state index contributed by atoms with van der Waals surface area (Å²) in [6.45, 7) is 0.410. The number of anilines is 1. The molecule has 0 saturated carbocycles. The number of alkyl halides is 3. The van der Waals surface area contributed by atoms with Gasteiger partial charge in [-0.25, -0.2) is 9.50 Å². The zero-order valence-electron chi connectivity index (χ0n) is 19.5. The summed E-state index contributed by atoms with van der Waals surface area (Å²) in [6, 6.07) is 15.7. The Morgan fingerprint density at radius 2 is 1.79 bits per heavy atom. The maximum absolute atomic E-state index is 13.9. The highest BCUT2D eigenvalue weighted by Gasteiger charge is 2.35. The van der Waals surface area contributed by atoms with Gasteiger partial charge < -0.3 is 10.1 Å². The Balaban J connectivity index is 1.44. The third-order valence-corrected chi connectivity index (χ3v) is 6.38. The lowest BCUT2D eigenvalue weighted by molar-refractivity contribution is -0.142. The van der Waals surface area contributed by atoms with Gasteiger partial charge in [0.05, 0.1) is 23.8 Å². The quantitative estimate of drug-likeness (QED) is 0.244. The molecule has 0 aliphatic rings. The molecule has 0 saturated heterocycles. The van der Waals surface area contributed by atoms with Crippen molar-refractivity contribution in [3.05, 3.63) is 93.3 Å². The van der Waals surface area contributed by atoms with Crippen molar-refractivity contribution in [2.45, 2.75) is 12.7 Å². The SMILES string of the molecule is COc1ccc(-c2cc(C(F)(F)F)n3nc(C(=O)Nc4nn(Cc5ccc(Cl)cc5)cc4Br)cc3n2)cc1. The van der Waals surface area contributed by atoms with Crippen LogP contribution in [0.25, 0.3) is 16.9 Å². The summed E-state index contributed by atoms with van der Waals surface area (Å²) in [5.74, 6) is -0.00744. The van der Waals surface area contributed by atoms with Crippen LogP contribution in [0.1, 0.15) is 21.7 Å². The van der Waals surface area contributed by atoms with E-state index in [1.807, 2.05) is 12.1 Å². The maximum Gasteiger partial charge on any atom is 0.433 e. The molecule has 5 rings (SSSR count). The number of hydrogen-bond acceptors (Lipinski definition) is 5. The van der Waals surface area contributed by atoms with Gasteiger partial charge in [-0.05, 0) is 64.0 Å². The first-order chi connectivity index (χ1) is 18.1. The van der Waals surface area contributed by atoms with Crippen LogP contribution in [0.3, 0.4) is 0 Å². The number of nitrogens with one attached hydrogen (secondary N) is 1. The van der Waals surface area contributed by atoms with Crippen molar-refractivity contribution in [2.24, 2.45) is 0 Å². The van der Waals surface area contributed by atoms with Gasteiger partial charge in [0.1, 0.15) is 5.75 Å². The number of ether oxygens (including phenoxy) is 1. The summed E-state index contributed by atoms with van der Waals surface area (Å²) in [6.07, 6.45) is -3.08. The second-order valence-corrected chi connectivity index (χ2v) is 9.45. The van der Waals surface area contributed by atoms with E-state index in [1.54, 1.807) is 47.3 Å². The minimum absolute atomic E-state index is 0.0722. The van der Waals surface area contributed by atoms with Crippen molar-refractivity contribution in [1.29, 1.82) is 0 Å². The minimum atomic E-state index is -4.74. The van der Waals surface area contributed by atoms with E-state index in [9.17, 15) is 18.0 Å². The van der Waals surface area contributed by atoms with Crippen LogP contribution in [-0.4, -0.2) is 37.4 Å². The standard InChI is InChI=1S/C25H17BrClF3N6O2/c1-38-17-8-4-15(5-9-17)19-10-21(25(28,29)30)36-22(31-19)11-20(33-36)24(37)32-23-18(26)13-35(34-23)12-14-2-6-16(27)7-3-14/h2-11,13H,12H2,1H3,(H,32,34,37). The Morgan fingerprint density at radius 3 is 2.45 bits per heavy atom. The van der Waals surface area contributed by atoms with Crippen LogP contribution in [0.4, 0.5) is 19.0 Å². The van der Waals surface area contributed by atoms with Gasteiger partial charge in [0.15, 0.2) is 22.9 Å². The highest BCUT2D eigenvalue weighted by Crippen LogP contribution is 2.33. The first-order valence-electron chi connectivity index (χ1n) is 11.0. The molecule has 1 N–H and O–H groups in total. The molecule has 0 radical (unpaired) electrons. The highest BCUT2D eigenvalue weighted by atomic mass is 79.9. The topological polar surface area (TPSA) is 86.3 Å². The summed E-state index contributed by atoms with van der Waals surface area (Å²) < 4.78 is 49.5. The second-order valence-electron chi connectivity index (χ2n) is 8.16. The predicted molar refractivity (Wildman–Crippen MR) is 138 cm³/mol. The zero-order chi connectivity index (χ0) is 27.0. The first kappa shape index (κ1) is 25.7. The fraction of sp³-hybridized carbons (Fsp3) is 0.120. The van der Waals surface area contributed by atoms with Gasteiger partial charge in [-0.1, -0.05) is 23.7 Å². The van der Waals surface area contributed by atoms with Crippen molar-refractivity contribution in [2.75, 3.05) is 12.4 Å². The fourth-order valence-corrected chi connectivity index (χ4v) is 4.25. The van der Waals surface area contributed by atoms with Gasteiger partial charge in [-0.15, -0.1) is 0 Å². The molecule has 0 aliphatic carbocycles. The zero-order valence-corrected chi connectivity index (χ0v) is 21.8. The van der Waals surface area contributed by atoms with Crippen molar-refractivity contribution >= 4 is 44.9 Å². The van der Waals surface area contributed by atoms with E-state index in [-0.39, 0.29) is 22.9 Å². The number of fused-ring (bicyclic) bond motifs is 1. The van der Waals surface area contributed by atoms with E-state index in [0.717, 1.165) is 11.6 Å². The molecule has 0 unspecified atom stereocenters. The van der Waals surface area contributed by atoms with E-state index >= 15 is 0 Å². The molecule has 1 amide bonds. The van der Waals surface area contributed by atoms with Crippen LogP contribution in [0, 0.1) is 0 Å². The van der Waals surface area contributed by atoms with Crippen LogP contribution >= 0.6 is 27.5 Å². The number of aromatic nitrogens is 5. The predicted octanol–water partition coefficient (Wildman–Crippen LogP) is 6.34. The molecule has 3 aromatic heterocycles. The number of hydrogen-bond donors (Lipinski definition) is 1. The van der Waals surface area contributed by atoms with Crippen molar-refractivity contribution in [1.82, 2.24) is 24.4 Å². The molecule has 13 heteroatoms. The monoisotopic (exact) mass is 604 g/mol. The fourth-order valence-electron chi connectivity index (χ4n) is 3.71. The third kappa shape index (κ3) is 5.36. The lowest BCUT2D eigenvalue weighted by Crippen LogP contribution is -2.16. The van der Waals surface area contributed by atoms with Gasteiger partial charge in [0.25, 0.3) is 5.91 Å². The van der Waals surface area contributed by atoms with Gasteiger partial charge in [0.2, 0.25) is 0 Å². The average molecular weight is 606 g/mol. The van der Waals surface area contributed by atoms with Crippen LogP contribution in [-0.2, 0) is 12.7 Å². The average Bonchev–Trinajstić information content (AvgIpc) is 3.47. The van der Waals surface area contributed by atoms with Crippen LogP contribution < -0.4 is 10.1 Å². The Morgan fingerprint density at radius 1 is 1.08 bits per heavy atom. The van der Waals surface area contributed by atoms with Crippen LogP contribution in [0.2, 0.25) is 5.02 Å². The summed E-state index contributed by atoms with van der Waals surface area (Å²) >= 11 is 9.26. The Hall–Kier alpha value is -3.90. The number of halogens is 5. The molecule has 194 valence electrons. The molecule has 38 heavy (non-hydrogen) atoms. The number of methoxy groups -OCH3 is 1. The van der Waals surface area contributed by atoms with Gasteiger partial charge in [0, 0.05) is 22.8 Å². The van der Waals surface area contributed by atoms with E-state index in [2.05, 4.69) is 36.4 Å². The number of benzene rings is 2. The van der Waals surface area contributed by atoms with Gasteiger partial charge in [-0.3, -0.25) is 9.48 Å². The Labute approximate surface area is 227 Å². The van der Waals surface area contributed by atoms with Gasteiger partial charge >= 0.3 is 6.18 Å². The Kier molecular flexibility index (Phi) is 6.84. The summed E-state index contributed by atoms with van der Waals surface area (Å²) in [4.78, 5) is 17.2. The van der Waals surface area contributed by atoms with E-state index < -0.39 is 17.8 Å². The van der Waals surface area contributed by atoms with E-state index in [1.165, 1.54) is 13.2 Å².